The van der Waals surface area contributed by atoms with E-state index in [0.717, 1.165) is 9.35 Å². The first-order valence-corrected chi connectivity index (χ1v) is 7.45. The molecule has 1 heterocycles. The van der Waals surface area contributed by atoms with E-state index in [0.29, 0.717) is 21.6 Å². The summed E-state index contributed by atoms with van der Waals surface area (Å²) in [6, 6.07) is 6.27. The molecule has 0 fully saturated rings. The normalized spacial score (nSPS) is 10.5. The lowest BCUT2D eigenvalue weighted by Crippen LogP contribution is -2.01. The number of benzene rings is 1. The average Bonchev–Trinajstić information content (AvgIpc) is 2.66. The number of hydrogen-bond donors (Lipinski definition) is 1. The predicted octanol–water partition coefficient (Wildman–Crippen LogP) is 5.34. The Bertz CT molecular complexity index is 614. The molecule has 1 N–H and O–H groups in total. The molecule has 1 aromatic heterocycles. The number of nitro groups is 1. The number of rotatable bonds is 4. The maximum absolute atomic E-state index is 10.9. The number of thiophene rings is 1. The molecule has 0 spiro atoms. The lowest BCUT2D eigenvalue weighted by Gasteiger charge is -2.06. The van der Waals surface area contributed by atoms with Crippen LogP contribution < -0.4 is 5.32 Å². The first-order valence-electron chi connectivity index (χ1n) is 5.09. The van der Waals surface area contributed by atoms with Gasteiger partial charge in [-0.05, 0) is 34.1 Å². The van der Waals surface area contributed by atoms with Gasteiger partial charge in [0.25, 0.3) is 5.69 Å². The Kier molecular flexibility index (Phi) is 4.67. The molecule has 0 saturated heterocycles. The molecule has 1 aromatic carbocycles. The Labute approximate surface area is 131 Å². The SMILES string of the molecule is O=[N+]([O-])c1ccc(Cl)cc1NCc1cc(Br)c(Cl)s1. The van der Waals surface area contributed by atoms with Crippen molar-refractivity contribution >= 4 is 61.8 Å². The summed E-state index contributed by atoms with van der Waals surface area (Å²) < 4.78 is 1.47. The van der Waals surface area contributed by atoms with Crippen LogP contribution in [0, 0.1) is 10.1 Å². The van der Waals surface area contributed by atoms with E-state index in [1.54, 1.807) is 0 Å². The van der Waals surface area contributed by atoms with E-state index in [-0.39, 0.29) is 5.69 Å². The molecule has 0 saturated carbocycles. The third-order valence-corrected chi connectivity index (χ3v) is 5.01. The summed E-state index contributed by atoms with van der Waals surface area (Å²) in [5.74, 6) is 0. The monoisotopic (exact) mass is 380 g/mol. The van der Waals surface area contributed by atoms with Gasteiger partial charge in [0.15, 0.2) is 0 Å². The van der Waals surface area contributed by atoms with Gasteiger partial charge in [0.05, 0.1) is 4.92 Å². The van der Waals surface area contributed by atoms with Gasteiger partial charge in [0.2, 0.25) is 0 Å². The van der Waals surface area contributed by atoms with E-state index in [2.05, 4.69) is 21.2 Å². The van der Waals surface area contributed by atoms with Crippen molar-refractivity contribution in [2.75, 3.05) is 5.32 Å². The molecule has 0 amide bonds. The van der Waals surface area contributed by atoms with Crippen molar-refractivity contribution in [1.29, 1.82) is 0 Å². The summed E-state index contributed by atoms with van der Waals surface area (Å²) in [4.78, 5) is 11.4. The molecule has 100 valence electrons. The van der Waals surface area contributed by atoms with Crippen LogP contribution in [0.1, 0.15) is 4.88 Å². The summed E-state index contributed by atoms with van der Waals surface area (Å²) in [5.41, 5.74) is 0.379. The fraction of sp³-hybridized carbons (Fsp3) is 0.0909. The third kappa shape index (κ3) is 3.60. The molecule has 0 bridgehead atoms. The van der Waals surface area contributed by atoms with Gasteiger partial charge in [-0.1, -0.05) is 23.2 Å². The summed E-state index contributed by atoms with van der Waals surface area (Å²) in [6.45, 7) is 0.442. The van der Waals surface area contributed by atoms with Gasteiger partial charge >= 0.3 is 0 Å². The predicted molar refractivity (Wildman–Crippen MR) is 82.5 cm³/mol. The van der Waals surface area contributed by atoms with E-state index in [9.17, 15) is 10.1 Å². The summed E-state index contributed by atoms with van der Waals surface area (Å²) in [5, 5.41) is 14.3. The minimum absolute atomic E-state index is 0.00822. The quantitative estimate of drug-likeness (QED) is 0.574. The van der Waals surface area contributed by atoms with Gasteiger partial charge in [0.1, 0.15) is 10.0 Å². The largest absolute Gasteiger partial charge is 0.375 e. The molecule has 4 nitrogen and oxygen atoms in total. The molecule has 0 radical (unpaired) electrons. The van der Waals surface area contributed by atoms with Crippen molar-refractivity contribution in [3.05, 3.63) is 53.1 Å². The second kappa shape index (κ2) is 6.09. The molecular formula is C11H7BrCl2N2O2S. The van der Waals surface area contributed by atoms with Crippen molar-refractivity contribution in [3.8, 4) is 0 Å². The second-order valence-corrected chi connectivity index (χ2v) is 6.64. The van der Waals surface area contributed by atoms with Gasteiger partial charge in [-0.25, -0.2) is 0 Å². The van der Waals surface area contributed by atoms with Gasteiger partial charge in [-0.15, -0.1) is 11.3 Å². The maximum atomic E-state index is 10.9. The molecule has 0 aliphatic carbocycles. The Balaban J connectivity index is 2.19. The summed E-state index contributed by atoms with van der Waals surface area (Å²) >= 11 is 16.5. The Hall–Kier alpha value is -0.820. The van der Waals surface area contributed by atoms with Crippen molar-refractivity contribution in [1.82, 2.24) is 0 Å². The minimum atomic E-state index is -0.448. The third-order valence-electron chi connectivity index (χ3n) is 2.30. The highest BCUT2D eigenvalue weighted by Gasteiger charge is 2.14. The second-order valence-electron chi connectivity index (χ2n) is 3.61. The van der Waals surface area contributed by atoms with Crippen molar-refractivity contribution in [2.45, 2.75) is 6.54 Å². The zero-order valence-electron chi connectivity index (χ0n) is 9.32. The van der Waals surface area contributed by atoms with E-state index >= 15 is 0 Å². The fourth-order valence-corrected chi connectivity index (χ4v) is 3.37. The van der Waals surface area contributed by atoms with Crippen molar-refractivity contribution < 1.29 is 4.92 Å². The van der Waals surface area contributed by atoms with Crippen molar-refractivity contribution in [2.24, 2.45) is 0 Å². The van der Waals surface area contributed by atoms with E-state index in [1.807, 2.05) is 6.07 Å². The Morgan fingerprint density at radius 1 is 1.37 bits per heavy atom. The van der Waals surface area contributed by atoms with Crippen LogP contribution in [0.2, 0.25) is 9.36 Å². The standard InChI is InChI=1S/C11H7BrCl2N2O2S/c12-8-4-7(19-11(8)14)5-15-9-3-6(13)1-2-10(9)16(17)18/h1-4,15H,5H2. The van der Waals surface area contributed by atoms with Crippen LogP contribution in [-0.2, 0) is 6.54 Å². The smallest absolute Gasteiger partial charge is 0.292 e. The van der Waals surface area contributed by atoms with Crippen LogP contribution in [0.15, 0.2) is 28.7 Å². The molecule has 0 aliphatic rings. The van der Waals surface area contributed by atoms with Crippen LogP contribution in [0.25, 0.3) is 0 Å². The van der Waals surface area contributed by atoms with Crippen LogP contribution in [0.4, 0.5) is 11.4 Å². The lowest BCUT2D eigenvalue weighted by molar-refractivity contribution is -0.384. The van der Waals surface area contributed by atoms with Crippen LogP contribution in [-0.4, -0.2) is 4.92 Å². The van der Waals surface area contributed by atoms with Gasteiger partial charge in [0, 0.05) is 27.0 Å². The zero-order chi connectivity index (χ0) is 14.0. The number of nitrogens with zero attached hydrogens (tertiary/aromatic N) is 1. The number of hydrogen-bond acceptors (Lipinski definition) is 4. The molecule has 2 aromatic rings. The maximum Gasteiger partial charge on any atom is 0.292 e. The topological polar surface area (TPSA) is 55.2 Å². The highest BCUT2D eigenvalue weighted by atomic mass is 79.9. The average molecular weight is 382 g/mol. The van der Waals surface area contributed by atoms with E-state index in [1.165, 1.54) is 29.5 Å². The van der Waals surface area contributed by atoms with Crippen LogP contribution >= 0.6 is 50.5 Å². The number of halogens is 3. The van der Waals surface area contributed by atoms with Gasteiger partial charge in [-0.3, -0.25) is 10.1 Å². The zero-order valence-corrected chi connectivity index (χ0v) is 13.2. The highest BCUT2D eigenvalue weighted by Crippen LogP contribution is 2.33. The minimum Gasteiger partial charge on any atom is -0.375 e. The highest BCUT2D eigenvalue weighted by molar-refractivity contribution is 9.10. The first-order chi connectivity index (χ1) is 8.97. The number of anilines is 1. The molecule has 19 heavy (non-hydrogen) atoms. The first kappa shape index (κ1) is 14.6. The lowest BCUT2D eigenvalue weighted by atomic mass is 10.2. The van der Waals surface area contributed by atoms with Gasteiger partial charge < -0.3 is 5.32 Å². The van der Waals surface area contributed by atoms with E-state index < -0.39 is 4.92 Å². The Morgan fingerprint density at radius 3 is 2.68 bits per heavy atom. The summed E-state index contributed by atoms with van der Waals surface area (Å²) in [6.07, 6.45) is 0. The number of nitro benzene ring substituents is 1. The Morgan fingerprint density at radius 2 is 2.11 bits per heavy atom. The van der Waals surface area contributed by atoms with Gasteiger partial charge in [-0.2, -0.15) is 0 Å². The van der Waals surface area contributed by atoms with Crippen molar-refractivity contribution in [3.63, 3.8) is 0 Å². The van der Waals surface area contributed by atoms with Crippen LogP contribution in [0.3, 0.4) is 0 Å². The fourth-order valence-electron chi connectivity index (χ4n) is 1.47. The molecule has 8 heteroatoms. The molecule has 0 aliphatic heterocycles. The molecule has 2 rings (SSSR count). The van der Waals surface area contributed by atoms with Crippen LogP contribution in [0.5, 0.6) is 0 Å². The molecule has 0 atom stereocenters. The number of nitrogens with one attached hydrogen (secondary N) is 1. The molecular weight excluding hydrogens is 375 g/mol. The summed E-state index contributed by atoms with van der Waals surface area (Å²) in [7, 11) is 0. The molecule has 0 unspecified atom stereocenters. The van der Waals surface area contributed by atoms with E-state index in [4.69, 9.17) is 23.2 Å².